The van der Waals surface area contributed by atoms with Crippen molar-refractivity contribution in [2.75, 3.05) is 33.4 Å². The van der Waals surface area contributed by atoms with Crippen molar-refractivity contribution >= 4 is 5.91 Å². The van der Waals surface area contributed by atoms with Gasteiger partial charge in [0.05, 0.1) is 0 Å². The Morgan fingerprint density at radius 1 is 1.56 bits per heavy atom. The number of likely N-dealkylation sites (tertiary alicyclic amines) is 1. The molecule has 0 bridgehead atoms. The van der Waals surface area contributed by atoms with E-state index in [9.17, 15) is 4.79 Å². The summed E-state index contributed by atoms with van der Waals surface area (Å²) in [6.45, 7) is 5.57. The Bertz CT molecular complexity index is 207. The van der Waals surface area contributed by atoms with Crippen molar-refractivity contribution in [3.63, 3.8) is 0 Å². The van der Waals surface area contributed by atoms with Crippen molar-refractivity contribution in [2.45, 2.75) is 38.6 Å². The van der Waals surface area contributed by atoms with Gasteiger partial charge in [0.2, 0.25) is 5.91 Å². The van der Waals surface area contributed by atoms with Crippen molar-refractivity contribution in [1.82, 2.24) is 10.2 Å². The van der Waals surface area contributed by atoms with E-state index in [2.05, 4.69) is 12.2 Å². The second kappa shape index (κ2) is 7.63. The topological polar surface area (TPSA) is 41.6 Å². The number of piperidine rings is 1. The highest BCUT2D eigenvalue weighted by molar-refractivity contribution is 5.76. The van der Waals surface area contributed by atoms with Gasteiger partial charge in [0.25, 0.3) is 0 Å². The molecule has 0 aromatic rings. The maximum atomic E-state index is 11.9. The minimum Gasteiger partial charge on any atom is -0.385 e. The number of carbonyl (C=O) groups is 1. The summed E-state index contributed by atoms with van der Waals surface area (Å²) in [5.41, 5.74) is 0. The van der Waals surface area contributed by atoms with Gasteiger partial charge in [-0.25, -0.2) is 0 Å². The number of rotatable bonds is 6. The second-order valence-corrected chi connectivity index (χ2v) is 4.33. The van der Waals surface area contributed by atoms with Gasteiger partial charge in [-0.05, 0) is 25.8 Å². The molecule has 0 spiro atoms. The number of nitrogens with one attached hydrogen (secondary N) is 1. The summed E-state index contributed by atoms with van der Waals surface area (Å²) in [4.78, 5) is 13.9. The fourth-order valence-electron chi connectivity index (χ4n) is 2.18. The maximum absolute atomic E-state index is 11.9. The largest absolute Gasteiger partial charge is 0.385 e. The zero-order valence-corrected chi connectivity index (χ0v) is 10.5. The molecule has 0 aromatic carbocycles. The molecule has 4 nitrogen and oxygen atoms in total. The Labute approximate surface area is 98.3 Å². The van der Waals surface area contributed by atoms with Gasteiger partial charge in [0.15, 0.2) is 0 Å². The van der Waals surface area contributed by atoms with Crippen LogP contribution >= 0.6 is 0 Å². The van der Waals surface area contributed by atoms with E-state index >= 15 is 0 Å². The molecule has 1 heterocycles. The van der Waals surface area contributed by atoms with Crippen molar-refractivity contribution in [3.8, 4) is 0 Å². The molecule has 1 N–H and O–H groups in total. The summed E-state index contributed by atoms with van der Waals surface area (Å²) >= 11 is 0. The minimum atomic E-state index is 0.277. The van der Waals surface area contributed by atoms with E-state index in [1.807, 2.05) is 4.90 Å². The number of carbonyl (C=O) groups excluding carboxylic acids is 1. The van der Waals surface area contributed by atoms with Crippen LogP contribution in [0.2, 0.25) is 0 Å². The van der Waals surface area contributed by atoms with E-state index in [1.54, 1.807) is 7.11 Å². The van der Waals surface area contributed by atoms with Gasteiger partial charge in [0, 0.05) is 39.3 Å². The van der Waals surface area contributed by atoms with Crippen molar-refractivity contribution in [2.24, 2.45) is 0 Å². The molecule has 1 atom stereocenters. The predicted molar refractivity (Wildman–Crippen MR) is 64.4 cm³/mol. The van der Waals surface area contributed by atoms with Crippen LogP contribution in [0, 0.1) is 0 Å². The number of amides is 1. The third-order valence-corrected chi connectivity index (χ3v) is 3.01. The highest BCUT2D eigenvalue weighted by Gasteiger charge is 2.22. The van der Waals surface area contributed by atoms with Crippen LogP contribution in [0.4, 0.5) is 0 Å². The number of hydrogen-bond donors (Lipinski definition) is 1. The third kappa shape index (κ3) is 4.49. The fourth-order valence-corrected chi connectivity index (χ4v) is 2.18. The van der Waals surface area contributed by atoms with Crippen LogP contribution in [0.15, 0.2) is 0 Å². The van der Waals surface area contributed by atoms with E-state index in [0.29, 0.717) is 19.1 Å². The Morgan fingerprint density at radius 2 is 2.38 bits per heavy atom. The molecule has 1 rings (SSSR count). The van der Waals surface area contributed by atoms with E-state index < -0.39 is 0 Å². The number of nitrogens with zero attached hydrogens (tertiary/aromatic N) is 1. The monoisotopic (exact) mass is 228 g/mol. The maximum Gasteiger partial charge on any atom is 0.222 e. The van der Waals surface area contributed by atoms with Gasteiger partial charge in [0.1, 0.15) is 0 Å². The van der Waals surface area contributed by atoms with Crippen LogP contribution in [0.5, 0.6) is 0 Å². The first-order valence-corrected chi connectivity index (χ1v) is 6.28. The Kier molecular flexibility index (Phi) is 6.42. The first kappa shape index (κ1) is 13.5. The smallest absolute Gasteiger partial charge is 0.222 e. The highest BCUT2D eigenvalue weighted by atomic mass is 16.5. The molecular formula is C12H24N2O2. The molecule has 1 unspecified atom stereocenters. The standard InChI is InChI=1S/C12H24N2O2/c1-3-13-11-6-4-8-14(10-11)12(15)7-5-9-16-2/h11,13H,3-10H2,1-2H3. The van der Waals surface area contributed by atoms with Crippen LogP contribution in [0.25, 0.3) is 0 Å². The van der Waals surface area contributed by atoms with Gasteiger partial charge < -0.3 is 15.0 Å². The summed E-state index contributed by atoms with van der Waals surface area (Å²) in [5, 5.41) is 3.42. The second-order valence-electron chi connectivity index (χ2n) is 4.33. The lowest BCUT2D eigenvalue weighted by Gasteiger charge is -2.33. The van der Waals surface area contributed by atoms with E-state index in [1.165, 1.54) is 6.42 Å². The molecule has 1 fully saturated rings. The molecule has 0 saturated carbocycles. The number of ether oxygens (including phenoxy) is 1. The number of likely N-dealkylation sites (N-methyl/N-ethyl adjacent to an activating group) is 1. The van der Waals surface area contributed by atoms with Gasteiger partial charge >= 0.3 is 0 Å². The van der Waals surface area contributed by atoms with E-state index in [4.69, 9.17) is 4.74 Å². The molecule has 1 aliphatic heterocycles. The SMILES string of the molecule is CCNC1CCCN(C(=O)CCCOC)C1. The van der Waals surface area contributed by atoms with Crippen LogP contribution in [0.1, 0.15) is 32.6 Å². The fraction of sp³-hybridized carbons (Fsp3) is 0.917. The first-order valence-electron chi connectivity index (χ1n) is 6.28. The quantitative estimate of drug-likeness (QED) is 0.690. The molecule has 1 aliphatic rings. The molecule has 1 saturated heterocycles. The van der Waals surface area contributed by atoms with Crippen LogP contribution in [0.3, 0.4) is 0 Å². The summed E-state index contributed by atoms with van der Waals surface area (Å²) in [5.74, 6) is 0.277. The number of hydrogen-bond acceptors (Lipinski definition) is 3. The van der Waals surface area contributed by atoms with Gasteiger partial charge in [-0.1, -0.05) is 6.92 Å². The Hall–Kier alpha value is -0.610. The lowest BCUT2D eigenvalue weighted by atomic mass is 10.1. The third-order valence-electron chi connectivity index (χ3n) is 3.01. The van der Waals surface area contributed by atoms with Gasteiger partial charge in [-0.3, -0.25) is 4.79 Å². The van der Waals surface area contributed by atoms with Crippen molar-refractivity contribution < 1.29 is 9.53 Å². The van der Waals surface area contributed by atoms with Gasteiger partial charge in [-0.15, -0.1) is 0 Å². The van der Waals surface area contributed by atoms with Crippen LogP contribution in [-0.4, -0.2) is 50.2 Å². The molecule has 0 aliphatic carbocycles. The van der Waals surface area contributed by atoms with Crippen molar-refractivity contribution in [3.05, 3.63) is 0 Å². The summed E-state index contributed by atoms with van der Waals surface area (Å²) in [6, 6.07) is 0.491. The van der Waals surface area contributed by atoms with Crippen molar-refractivity contribution in [1.29, 1.82) is 0 Å². The normalized spacial score (nSPS) is 21.1. The van der Waals surface area contributed by atoms with E-state index in [0.717, 1.165) is 32.5 Å². The molecule has 94 valence electrons. The first-order chi connectivity index (χ1) is 7.77. The summed E-state index contributed by atoms with van der Waals surface area (Å²) < 4.78 is 4.96. The number of methoxy groups -OCH3 is 1. The molecule has 16 heavy (non-hydrogen) atoms. The van der Waals surface area contributed by atoms with E-state index in [-0.39, 0.29) is 5.91 Å². The molecule has 0 aromatic heterocycles. The summed E-state index contributed by atoms with van der Waals surface area (Å²) in [6.07, 6.45) is 3.76. The molecule has 4 heteroatoms. The van der Waals surface area contributed by atoms with Gasteiger partial charge in [-0.2, -0.15) is 0 Å². The molecule has 1 amide bonds. The lowest BCUT2D eigenvalue weighted by Crippen LogP contribution is -2.47. The molecular weight excluding hydrogens is 204 g/mol. The summed E-state index contributed by atoms with van der Waals surface area (Å²) in [7, 11) is 1.67. The zero-order valence-electron chi connectivity index (χ0n) is 10.5. The van der Waals surface area contributed by atoms with Crippen LogP contribution < -0.4 is 5.32 Å². The van der Waals surface area contributed by atoms with Crippen LogP contribution in [-0.2, 0) is 9.53 Å². The molecule has 0 radical (unpaired) electrons. The average molecular weight is 228 g/mol. The Balaban J connectivity index is 2.26. The zero-order chi connectivity index (χ0) is 11.8. The lowest BCUT2D eigenvalue weighted by molar-refractivity contribution is -0.132. The highest BCUT2D eigenvalue weighted by Crippen LogP contribution is 2.11. The predicted octanol–water partition coefficient (Wildman–Crippen LogP) is 1.01. The average Bonchev–Trinajstić information content (AvgIpc) is 2.30. The Morgan fingerprint density at radius 3 is 3.06 bits per heavy atom. The minimum absolute atomic E-state index is 0.277.